The van der Waals surface area contributed by atoms with Crippen molar-refractivity contribution in [3.8, 4) is 0 Å². The van der Waals surface area contributed by atoms with Gasteiger partial charge in [-0.1, -0.05) is 88.7 Å². The van der Waals surface area contributed by atoms with Gasteiger partial charge in [0.2, 0.25) is 0 Å². The van der Waals surface area contributed by atoms with Crippen molar-refractivity contribution in [2.75, 3.05) is 5.33 Å². The van der Waals surface area contributed by atoms with Crippen molar-refractivity contribution in [2.45, 2.75) is 5.92 Å². The highest BCUT2D eigenvalue weighted by atomic mass is 79.9. The van der Waals surface area contributed by atoms with Crippen LogP contribution in [0.25, 0.3) is 0 Å². The van der Waals surface area contributed by atoms with Crippen molar-refractivity contribution < 1.29 is 0 Å². The molecule has 0 spiro atoms. The Morgan fingerprint density at radius 1 is 0.824 bits per heavy atom. The SMILES string of the molecule is BrC/C=C/C(c1ccccc1)c1ccccc1. The number of hydrogen-bond donors (Lipinski definition) is 0. The summed E-state index contributed by atoms with van der Waals surface area (Å²) in [6, 6.07) is 21.2. The number of halogens is 1. The minimum Gasteiger partial charge on any atom is -0.0883 e. The number of allylic oxidation sites excluding steroid dienone is 2. The second-order valence-electron chi connectivity index (χ2n) is 3.88. The van der Waals surface area contributed by atoms with Crippen molar-refractivity contribution in [2.24, 2.45) is 0 Å². The predicted molar refractivity (Wildman–Crippen MR) is 77.7 cm³/mol. The van der Waals surface area contributed by atoms with Gasteiger partial charge in [-0.15, -0.1) is 0 Å². The first-order valence-electron chi connectivity index (χ1n) is 5.74. The van der Waals surface area contributed by atoms with E-state index >= 15 is 0 Å². The highest BCUT2D eigenvalue weighted by Crippen LogP contribution is 2.25. The molecule has 2 aromatic rings. The molecule has 2 rings (SSSR count). The largest absolute Gasteiger partial charge is 0.0883 e. The van der Waals surface area contributed by atoms with Gasteiger partial charge in [-0.05, 0) is 11.1 Å². The lowest BCUT2D eigenvalue weighted by Crippen LogP contribution is -1.97. The van der Waals surface area contributed by atoms with Crippen molar-refractivity contribution in [3.63, 3.8) is 0 Å². The zero-order chi connectivity index (χ0) is 11.9. The van der Waals surface area contributed by atoms with Crippen LogP contribution >= 0.6 is 15.9 Å². The maximum absolute atomic E-state index is 3.44. The lowest BCUT2D eigenvalue weighted by atomic mass is 9.91. The average Bonchev–Trinajstić information content (AvgIpc) is 2.42. The second-order valence-corrected chi connectivity index (χ2v) is 4.53. The highest BCUT2D eigenvalue weighted by molar-refractivity contribution is 9.09. The summed E-state index contributed by atoms with van der Waals surface area (Å²) in [7, 11) is 0. The molecule has 0 aromatic heterocycles. The summed E-state index contributed by atoms with van der Waals surface area (Å²) in [5.74, 6) is 0.343. The molecule has 0 fully saturated rings. The van der Waals surface area contributed by atoms with E-state index in [1.807, 2.05) is 0 Å². The van der Waals surface area contributed by atoms with Gasteiger partial charge in [-0.25, -0.2) is 0 Å². The smallest absolute Gasteiger partial charge is 0.0269 e. The average molecular weight is 287 g/mol. The van der Waals surface area contributed by atoms with Crippen LogP contribution in [-0.2, 0) is 0 Å². The number of hydrogen-bond acceptors (Lipinski definition) is 0. The fraction of sp³-hybridized carbons (Fsp3) is 0.125. The van der Waals surface area contributed by atoms with E-state index in [1.165, 1.54) is 11.1 Å². The molecule has 0 radical (unpaired) electrons. The molecule has 0 amide bonds. The van der Waals surface area contributed by atoms with Crippen molar-refractivity contribution in [1.29, 1.82) is 0 Å². The quantitative estimate of drug-likeness (QED) is 0.561. The molecule has 17 heavy (non-hydrogen) atoms. The van der Waals surface area contributed by atoms with E-state index in [-0.39, 0.29) is 0 Å². The van der Waals surface area contributed by atoms with E-state index in [1.54, 1.807) is 0 Å². The van der Waals surface area contributed by atoms with Gasteiger partial charge in [0.15, 0.2) is 0 Å². The molecule has 0 heterocycles. The first-order chi connectivity index (χ1) is 8.42. The molecule has 1 heteroatoms. The van der Waals surface area contributed by atoms with Crippen LogP contribution in [0, 0.1) is 0 Å². The monoisotopic (exact) mass is 286 g/mol. The van der Waals surface area contributed by atoms with Gasteiger partial charge >= 0.3 is 0 Å². The summed E-state index contributed by atoms with van der Waals surface area (Å²) >= 11 is 3.44. The van der Waals surface area contributed by atoms with Crippen molar-refractivity contribution in [3.05, 3.63) is 83.9 Å². The maximum Gasteiger partial charge on any atom is 0.0269 e. The van der Waals surface area contributed by atoms with Gasteiger partial charge in [0.25, 0.3) is 0 Å². The molecule has 0 atom stereocenters. The Balaban J connectivity index is 2.36. The van der Waals surface area contributed by atoms with Gasteiger partial charge in [0, 0.05) is 11.2 Å². The molecule has 0 saturated heterocycles. The van der Waals surface area contributed by atoms with E-state index in [2.05, 4.69) is 88.7 Å². The zero-order valence-corrected chi connectivity index (χ0v) is 11.2. The van der Waals surface area contributed by atoms with Gasteiger partial charge in [-0.2, -0.15) is 0 Å². The van der Waals surface area contributed by atoms with E-state index in [0.717, 1.165) is 5.33 Å². The molecule has 0 nitrogen and oxygen atoms in total. The fourth-order valence-electron chi connectivity index (χ4n) is 1.92. The molecule has 0 N–H and O–H groups in total. The Hall–Kier alpha value is -1.34. The van der Waals surface area contributed by atoms with Crippen LogP contribution in [0.4, 0.5) is 0 Å². The topological polar surface area (TPSA) is 0 Å². The molecule has 2 aromatic carbocycles. The maximum atomic E-state index is 3.44. The first-order valence-corrected chi connectivity index (χ1v) is 6.86. The Morgan fingerprint density at radius 2 is 1.29 bits per heavy atom. The zero-order valence-electron chi connectivity index (χ0n) is 9.59. The first kappa shape index (κ1) is 12.1. The van der Waals surface area contributed by atoms with E-state index in [9.17, 15) is 0 Å². The molecule has 86 valence electrons. The van der Waals surface area contributed by atoms with Crippen LogP contribution < -0.4 is 0 Å². The molecule has 0 saturated carbocycles. The van der Waals surface area contributed by atoms with Gasteiger partial charge in [0.1, 0.15) is 0 Å². The molecule has 0 unspecified atom stereocenters. The predicted octanol–water partition coefficient (Wildman–Crippen LogP) is 4.77. The highest BCUT2D eigenvalue weighted by Gasteiger charge is 2.09. The van der Waals surface area contributed by atoms with Crippen LogP contribution in [0.3, 0.4) is 0 Å². The summed E-state index contributed by atoms with van der Waals surface area (Å²) in [5, 5.41) is 0.892. The summed E-state index contributed by atoms with van der Waals surface area (Å²) in [5.41, 5.74) is 2.66. The third-order valence-electron chi connectivity index (χ3n) is 2.73. The molecular formula is C16H15Br. The molecular weight excluding hydrogens is 272 g/mol. The van der Waals surface area contributed by atoms with Crippen LogP contribution in [0.2, 0.25) is 0 Å². The standard InChI is InChI=1S/C16H15Br/c17-13-7-12-16(14-8-3-1-4-9-14)15-10-5-2-6-11-15/h1-12,16H,13H2/b12-7+. The van der Waals surface area contributed by atoms with E-state index in [4.69, 9.17) is 0 Å². The summed E-state index contributed by atoms with van der Waals surface area (Å²) < 4.78 is 0. The summed E-state index contributed by atoms with van der Waals surface area (Å²) in [4.78, 5) is 0. The summed E-state index contributed by atoms with van der Waals surface area (Å²) in [6.45, 7) is 0. The normalized spacial score (nSPS) is 11.2. The Bertz CT molecular complexity index is 420. The third kappa shape index (κ3) is 3.31. The van der Waals surface area contributed by atoms with Crippen molar-refractivity contribution >= 4 is 15.9 Å². The number of benzene rings is 2. The van der Waals surface area contributed by atoms with E-state index < -0.39 is 0 Å². The van der Waals surface area contributed by atoms with Crippen LogP contribution in [0.15, 0.2) is 72.8 Å². The van der Waals surface area contributed by atoms with Crippen LogP contribution in [0.5, 0.6) is 0 Å². The third-order valence-corrected chi connectivity index (χ3v) is 3.11. The minimum absolute atomic E-state index is 0.343. The Morgan fingerprint density at radius 3 is 1.71 bits per heavy atom. The summed E-state index contributed by atoms with van der Waals surface area (Å²) in [6.07, 6.45) is 4.41. The van der Waals surface area contributed by atoms with Gasteiger partial charge in [-0.3, -0.25) is 0 Å². The number of alkyl halides is 1. The van der Waals surface area contributed by atoms with E-state index in [0.29, 0.717) is 5.92 Å². The molecule has 0 aliphatic heterocycles. The van der Waals surface area contributed by atoms with Crippen LogP contribution in [0.1, 0.15) is 17.0 Å². The molecule has 0 aliphatic carbocycles. The second kappa shape index (κ2) is 6.41. The lowest BCUT2D eigenvalue weighted by Gasteiger charge is -2.13. The van der Waals surface area contributed by atoms with Crippen LogP contribution in [-0.4, -0.2) is 5.33 Å². The van der Waals surface area contributed by atoms with Crippen molar-refractivity contribution in [1.82, 2.24) is 0 Å². The molecule has 0 bridgehead atoms. The molecule has 0 aliphatic rings. The Labute approximate surface area is 111 Å². The lowest BCUT2D eigenvalue weighted by molar-refractivity contribution is 1.02. The number of rotatable bonds is 4. The minimum atomic E-state index is 0.343. The Kier molecular flexibility index (Phi) is 4.57. The fourth-order valence-corrected chi connectivity index (χ4v) is 2.14. The van der Waals surface area contributed by atoms with Gasteiger partial charge < -0.3 is 0 Å². The van der Waals surface area contributed by atoms with Gasteiger partial charge in [0.05, 0.1) is 0 Å².